The van der Waals surface area contributed by atoms with Gasteiger partial charge in [0, 0.05) is 16.5 Å². The number of carbonyl (C=O) groups is 1. The minimum Gasteiger partial charge on any atom is -0.351 e. The van der Waals surface area contributed by atoms with Gasteiger partial charge in [0.05, 0.1) is 5.75 Å². The second-order valence-corrected chi connectivity index (χ2v) is 6.69. The third kappa shape index (κ3) is 4.50. The first-order chi connectivity index (χ1) is 11.2. The van der Waals surface area contributed by atoms with Crippen LogP contribution < -0.4 is 5.32 Å². The fourth-order valence-electron chi connectivity index (χ4n) is 2.30. The summed E-state index contributed by atoms with van der Waals surface area (Å²) in [4.78, 5) is 13.1. The molecular formula is C19H16ClNOS. The van der Waals surface area contributed by atoms with Gasteiger partial charge in [0.1, 0.15) is 0 Å². The molecule has 3 aromatic carbocycles. The van der Waals surface area contributed by atoms with Gasteiger partial charge in [-0.05, 0) is 40.6 Å². The number of fused-ring (bicyclic) bond motifs is 1. The number of carbonyl (C=O) groups excluding carboxylic acids is 1. The van der Waals surface area contributed by atoms with E-state index in [9.17, 15) is 4.79 Å². The van der Waals surface area contributed by atoms with Crippen molar-refractivity contribution in [2.75, 3.05) is 5.75 Å². The Morgan fingerprint density at radius 1 is 0.957 bits per heavy atom. The van der Waals surface area contributed by atoms with Crippen molar-refractivity contribution in [1.29, 1.82) is 0 Å². The number of nitrogens with one attached hydrogen (secondary N) is 1. The molecule has 0 spiro atoms. The van der Waals surface area contributed by atoms with Gasteiger partial charge < -0.3 is 5.32 Å². The molecule has 4 heteroatoms. The lowest BCUT2D eigenvalue weighted by atomic mass is 10.1. The van der Waals surface area contributed by atoms with E-state index < -0.39 is 0 Å². The highest BCUT2D eigenvalue weighted by molar-refractivity contribution is 8.00. The number of thioether (sulfide) groups is 1. The van der Waals surface area contributed by atoms with Crippen LogP contribution in [0.4, 0.5) is 0 Å². The fraction of sp³-hybridized carbons (Fsp3) is 0.105. The lowest BCUT2D eigenvalue weighted by Gasteiger charge is -2.06. The highest BCUT2D eigenvalue weighted by atomic mass is 35.5. The molecule has 0 atom stereocenters. The van der Waals surface area contributed by atoms with E-state index in [2.05, 4.69) is 35.6 Å². The Morgan fingerprint density at radius 2 is 1.78 bits per heavy atom. The van der Waals surface area contributed by atoms with Crippen LogP contribution in [0.1, 0.15) is 5.56 Å². The van der Waals surface area contributed by atoms with Gasteiger partial charge in [-0.2, -0.15) is 0 Å². The molecule has 0 aliphatic rings. The summed E-state index contributed by atoms with van der Waals surface area (Å²) < 4.78 is 0. The Balaban J connectivity index is 1.53. The monoisotopic (exact) mass is 341 g/mol. The summed E-state index contributed by atoms with van der Waals surface area (Å²) in [6.45, 7) is 0.498. The molecule has 1 N–H and O–H groups in total. The number of halogens is 1. The molecule has 3 aromatic rings. The zero-order chi connectivity index (χ0) is 16.1. The van der Waals surface area contributed by atoms with Crippen LogP contribution in [0.5, 0.6) is 0 Å². The molecule has 0 saturated carbocycles. The van der Waals surface area contributed by atoms with Crippen LogP contribution in [0.2, 0.25) is 5.02 Å². The van der Waals surface area contributed by atoms with Crippen molar-refractivity contribution in [3.63, 3.8) is 0 Å². The van der Waals surface area contributed by atoms with Crippen LogP contribution in [0.25, 0.3) is 10.8 Å². The number of hydrogen-bond acceptors (Lipinski definition) is 2. The van der Waals surface area contributed by atoms with E-state index in [0.29, 0.717) is 17.3 Å². The molecular weight excluding hydrogens is 326 g/mol. The molecule has 0 unspecified atom stereocenters. The summed E-state index contributed by atoms with van der Waals surface area (Å²) in [7, 11) is 0. The van der Waals surface area contributed by atoms with Crippen molar-refractivity contribution < 1.29 is 4.79 Å². The van der Waals surface area contributed by atoms with E-state index in [1.165, 1.54) is 10.8 Å². The lowest BCUT2D eigenvalue weighted by Crippen LogP contribution is -2.24. The van der Waals surface area contributed by atoms with E-state index in [4.69, 9.17) is 11.6 Å². The smallest absolute Gasteiger partial charge is 0.230 e. The molecule has 2 nitrogen and oxygen atoms in total. The molecule has 0 aromatic heterocycles. The predicted octanol–water partition coefficient (Wildman–Crippen LogP) is 4.90. The molecule has 0 radical (unpaired) electrons. The average Bonchev–Trinajstić information content (AvgIpc) is 2.58. The number of rotatable bonds is 5. The standard InChI is InChI=1S/C19H16ClNOS/c20-17-7-3-4-14(10-17)12-21-19(22)13-23-18-9-8-15-5-1-2-6-16(15)11-18/h1-11H,12-13H2,(H,21,22). The van der Waals surface area contributed by atoms with Crippen LogP contribution in [0.15, 0.2) is 71.6 Å². The van der Waals surface area contributed by atoms with Gasteiger partial charge in [0.25, 0.3) is 0 Å². The molecule has 23 heavy (non-hydrogen) atoms. The van der Waals surface area contributed by atoms with E-state index >= 15 is 0 Å². The van der Waals surface area contributed by atoms with Crippen molar-refractivity contribution in [2.45, 2.75) is 11.4 Å². The molecule has 0 aliphatic carbocycles. The number of amides is 1. The van der Waals surface area contributed by atoms with Crippen molar-refractivity contribution in [1.82, 2.24) is 5.32 Å². The van der Waals surface area contributed by atoms with Gasteiger partial charge in [-0.25, -0.2) is 0 Å². The van der Waals surface area contributed by atoms with Gasteiger partial charge >= 0.3 is 0 Å². The lowest BCUT2D eigenvalue weighted by molar-refractivity contribution is -0.118. The Bertz CT molecular complexity index is 834. The minimum atomic E-state index is 0.0168. The van der Waals surface area contributed by atoms with Crippen molar-refractivity contribution >= 4 is 40.0 Å². The highest BCUT2D eigenvalue weighted by Crippen LogP contribution is 2.23. The van der Waals surface area contributed by atoms with E-state index in [1.54, 1.807) is 11.8 Å². The molecule has 116 valence electrons. The summed E-state index contributed by atoms with van der Waals surface area (Å²) in [5.74, 6) is 0.418. The second-order valence-electron chi connectivity index (χ2n) is 5.20. The third-order valence-corrected chi connectivity index (χ3v) is 4.70. The van der Waals surface area contributed by atoms with Crippen molar-refractivity contribution in [2.24, 2.45) is 0 Å². The Kier molecular flexibility index (Phi) is 5.21. The van der Waals surface area contributed by atoms with Gasteiger partial charge in [0.15, 0.2) is 0 Å². The molecule has 0 aliphatic heterocycles. The van der Waals surface area contributed by atoms with Crippen LogP contribution in [-0.4, -0.2) is 11.7 Å². The van der Waals surface area contributed by atoms with Gasteiger partial charge in [-0.1, -0.05) is 54.1 Å². The van der Waals surface area contributed by atoms with Crippen LogP contribution in [0, 0.1) is 0 Å². The highest BCUT2D eigenvalue weighted by Gasteiger charge is 2.04. The first-order valence-electron chi connectivity index (χ1n) is 7.33. The number of benzene rings is 3. The quantitative estimate of drug-likeness (QED) is 0.668. The largest absolute Gasteiger partial charge is 0.351 e. The molecule has 1 amide bonds. The zero-order valence-corrected chi connectivity index (χ0v) is 14.0. The fourth-order valence-corrected chi connectivity index (χ4v) is 3.29. The second kappa shape index (κ2) is 7.53. The minimum absolute atomic E-state index is 0.0168. The van der Waals surface area contributed by atoms with Gasteiger partial charge in [-0.3, -0.25) is 4.79 Å². The molecule has 3 rings (SSSR count). The van der Waals surface area contributed by atoms with Crippen molar-refractivity contribution in [3.8, 4) is 0 Å². The maximum Gasteiger partial charge on any atom is 0.230 e. The van der Waals surface area contributed by atoms with Crippen LogP contribution >= 0.6 is 23.4 Å². The van der Waals surface area contributed by atoms with E-state index in [-0.39, 0.29) is 5.91 Å². The molecule has 0 heterocycles. The molecule has 0 fully saturated rings. The Hall–Kier alpha value is -1.97. The van der Waals surface area contributed by atoms with E-state index in [1.807, 2.05) is 36.4 Å². The maximum absolute atomic E-state index is 12.0. The van der Waals surface area contributed by atoms with Crippen LogP contribution in [-0.2, 0) is 11.3 Å². The molecule has 0 saturated heterocycles. The Morgan fingerprint density at radius 3 is 2.61 bits per heavy atom. The summed E-state index contributed by atoms with van der Waals surface area (Å²) in [6.07, 6.45) is 0. The molecule has 0 bridgehead atoms. The zero-order valence-electron chi connectivity index (χ0n) is 12.5. The normalized spacial score (nSPS) is 10.7. The summed E-state index contributed by atoms with van der Waals surface area (Å²) in [5, 5.41) is 6.00. The summed E-state index contributed by atoms with van der Waals surface area (Å²) in [6, 6.07) is 22.0. The SMILES string of the molecule is O=C(CSc1ccc2ccccc2c1)NCc1cccc(Cl)c1. The maximum atomic E-state index is 12.0. The summed E-state index contributed by atoms with van der Waals surface area (Å²) in [5.41, 5.74) is 1.00. The van der Waals surface area contributed by atoms with Crippen LogP contribution in [0.3, 0.4) is 0 Å². The first kappa shape index (κ1) is 15.9. The predicted molar refractivity (Wildman–Crippen MR) is 98.0 cm³/mol. The third-order valence-electron chi connectivity index (χ3n) is 3.47. The van der Waals surface area contributed by atoms with Gasteiger partial charge in [0.2, 0.25) is 5.91 Å². The Labute approximate surface area is 144 Å². The number of hydrogen-bond donors (Lipinski definition) is 1. The van der Waals surface area contributed by atoms with Gasteiger partial charge in [-0.15, -0.1) is 11.8 Å². The van der Waals surface area contributed by atoms with Crippen molar-refractivity contribution in [3.05, 3.63) is 77.3 Å². The topological polar surface area (TPSA) is 29.1 Å². The summed E-state index contributed by atoms with van der Waals surface area (Å²) >= 11 is 7.48. The first-order valence-corrected chi connectivity index (χ1v) is 8.70. The average molecular weight is 342 g/mol. The van der Waals surface area contributed by atoms with E-state index in [0.717, 1.165) is 10.5 Å².